The number of halogens is 2. The van der Waals surface area contributed by atoms with Crippen LogP contribution in [0.25, 0.3) is 11.1 Å². The van der Waals surface area contributed by atoms with Crippen LogP contribution in [0.1, 0.15) is 32.4 Å². The Bertz CT molecular complexity index is 1290. The van der Waals surface area contributed by atoms with E-state index in [9.17, 15) is 22.0 Å². The van der Waals surface area contributed by atoms with E-state index in [1.807, 2.05) is 0 Å². The number of amides is 1. The highest BCUT2D eigenvalue weighted by Gasteiger charge is 2.37. The molecule has 7 nitrogen and oxygen atoms in total. The molecule has 0 bridgehead atoms. The largest absolute Gasteiger partial charge is 0.323 e. The van der Waals surface area contributed by atoms with Crippen LogP contribution in [0.4, 0.5) is 19.6 Å². The molecule has 0 unspecified atom stereocenters. The Labute approximate surface area is 188 Å². The van der Waals surface area contributed by atoms with Crippen molar-refractivity contribution in [2.45, 2.75) is 37.4 Å². The van der Waals surface area contributed by atoms with E-state index in [2.05, 4.69) is 20.0 Å². The maximum Gasteiger partial charge on any atom is 0.237 e. The number of carbonyl (C=O) groups is 1. The number of thiazole rings is 1. The minimum absolute atomic E-state index is 0.0407. The lowest BCUT2D eigenvalue weighted by Gasteiger charge is -2.22. The summed E-state index contributed by atoms with van der Waals surface area (Å²) in [7, 11) is -3.46. The number of carbonyl (C=O) groups excluding carboxylic acids is 1. The van der Waals surface area contributed by atoms with E-state index >= 15 is 0 Å². The molecule has 2 N–H and O–H groups in total. The third-order valence-corrected chi connectivity index (χ3v) is 7.87. The van der Waals surface area contributed by atoms with E-state index in [-0.39, 0.29) is 16.1 Å². The minimum atomic E-state index is -3.46. The summed E-state index contributed by atoms with van der Waals surface area (Å²) in [6, 6.07) is 5.36. The molecule has 11 heteroatoms. The molecule has 2 heterocycles. The summed E-state index contributed by atoms with van der Waals surface area (Å²) >= 11 is 1.08. The summed E-state index contributed by atoms with van der Waals surface area (Å²) in [6.45, 7) is 3.22. The SMILES string of the molecule is CC(C)(C(=O)Nc1ccc(-c2cncc(F)c2)cc1F)c1csc(NS(=O)(=O)C2CC2)n1. The third-order valence-electron chi connectivity index (χ3n) is 5.16. The van der Waals surface area contributed by atoms with Gasteiger partial charge in [-0.05, 0) is 50.5 Å². The monoisotopic (exact) mass is 478 g/mol. The van der Waals surface area contributed by atoms with E-state index in [1.54, 1.807) is 25.3 Å². The zero-order chi connectivity index (χ0) is 23.1. The van der Waals surface area contributed by atoms with Gasteiger partial charge in [0.2, 0.25) is 15.9 Å². The Balaban J connectivity index is 1.49. The number of aromatic nitrogens is 2. The van der Waals surface area contributed by atoms with Crippen molar-refractivity contribution in [2.24, 2.45) is 0 Å². The molecule has 168 valence electrons. The van der Waals surface area contributed by atoms with Gasteiger partial charge >= 0.3 is 0 Å². The molecular formula is C21H20F2N4O3S2. The van der Waals surface area contributed by atoms with Crippen molar-refractivity contribution >= 4 is 38.1 Å². The van der Waals surface area contributed by atoms with Gasteiger partial charge < -0.3 is 5.32 Å². The maximum absolute atomic E-state index is 14.6. The lowest BCUT2D eigenvalue weighted by Crippen LogP contribution is -2.35. The molecule has 0 spiro atoms. The zero-order valence-electron chi connectivity index (χ0n) is 17.2. The van der Waals surface area contributed by atoms with Crippen LogP contribution >= 0.6 is 11.3 Å². The lowest BCUT2D eigenvalue weighted by atomic mass is 9.89. The number of rotatable bonds is 7. The number of nitrogens with one attached hydrogen (secondary N) is 2. The summed E-state index contributed by atoms with van der Waals surface area (Å²) in [4.78, 5) is 20.9. The molecule has 1 aliphatic carbocycles. The average Bonchev–Trinajstić information content (AvgIpc) is 3.50. The van der Waals surface area contributed by atoms with E-state index in [0.717, 1.165) is 17.5 Å². The second-order valence-electron chi connectivity index (χ2n) is 8.05. The Morgan fingerprint density at radius 1 is 1.16 bits per heavy atom. The molecule has 0 radical (unpaired) electrons. The second kappa shape index (κ2) is 8.21. The van der Waals surface area contributed by atoms with Crippen LogP contribution in [0.15, 0.2) is 42.0 Å². The van der Waals surface area contributed by atoms with Crippen molar-refractivity contribution in [3.05, 3.63) is 59.4 Å². The summed E-state index contributed by atoms with van der Waals surface area (Å²) in [5, 5.41) is 3.94. The normalized spacial score (nSPS) is 14.2. The molecule has 2 aromatic heterocycles. The van der Waals surface area contributed by atoms with E-state index in [0.29, 0.717) is 29.7 Å². The van der Waals surface area contributed by atoms with Gasteiger partial charge in [0.05, 0.1) is 28.2 Å². The fourth-order valence-corrected chi connectivity index (χ4v) is 5.43. The highest BCUT2D eigenvalue weighted by atomic mass is 32.2. The Kier molecular flexibility index (Phi) is 5.72. The van der Waals surface area contributed by atoms with Gasteiger partial charge in [0.25, 0.3) is 0 Å². The first-order valence-electron chi connectivity index (χ1n) is 9.76. The van der Waals surface area contributed by atoms with E-state index in [4.69, 9.17) is 0 Å². The van der Waals surface area contributed by atoms with Crippen molar-refractivity contribution in [3.8, 4) is 11.1 Å². The third kappa shape index (κ3) is 4.63. The van der Waals surface area contributed by atoms with Crippen molar-refractivity contribution in [1.29, 1.82) is 0 Å². The summed E-state index contributed by atoms with van der Waals surface area (Å²) in [5.74, 6) is -1.74. The minimum Gasteiger partial charge on any atom is -0.323 e. The van der Waals surface area contributed by atoms with Crippen LogP contribution in [0.2, 0.25) is 0 Å². The zero-order valence-corrected chi connectivity index (χ0v) is 18.9. The molecule has 1 aromatic carbocycles. The van der Waals surface area contributed by atoms with Crippen LogP contribution in [0, 0.1) is 11.6 Å². The lowest BCUT2D eigenvalue weighted by molar-refractivity contribution is -0.120. The smallest absolute Gasteiger partial charge is 0.237 e. The highest BCUT2D eigenvalue weighted by molar-refractivity contribution is 7.93. The molecule has 1 fully saturated rings. The van der Waals surface area contributed by atoms with E-state index < -0.39 is 33.0 Å². The number of benzene rings is 1. The van der Waals surface area contributed by atoms with E-state index in [1.165, 1.54) is 24.4 Å². The molecule has 1 aliphatic rings. The predicted molar refractivity (Wildman–Crippen MR) is 119 cm³/mol. The maximum atomic E-state index is 14.6. The second-order valence-corrected chi connectivity index (χ2v) is 10.9. The van der Waals surface area contributed by atoms with Gasteiger partial charge in [-0.25, -0.2) is 22.2 Å². The van der Waals surface area contributed by atoms with Gasteiger partial charge in [0.15, 0.2) is 5.13 Å². The Hall–Kier alpha value is -2.92. The molecule has 1 amide bonds. The number of nitrogens with zero attached hydrogens (tertiary/aromatic N) is 2. The molecule has 0 saturated heterocycles. The Morgan fingerprint density at radius 2 is 1.91 bits per heavy atom. The number of hydrogen-bond donors (Lipinski definition) is 2. The number of anilines is 2. The fourth-order valence-electron chi connectivity index (χ4n) is 2.95. The van der Waals surface area contributed by atoms with Gasteiger partial charge in [-0.2, -0.15) is 0 Å². The van der Waals surface area contributed by atoms with Gasteiger partial charge in [0.1, 0.15) is 11.6 Å². The van der Waals surface area contributed by atoms with Crippen LogP contribution in [-0.2, 0) is 20.2 Å². The average molecular weight is 479 g/mol. The van der Waals surface area contributed by atoms with Gasteiger partial charge in [-0.3, -0.25) is 14.5 Å². The summed E-state index contributed by atoms with van der Waals surface area (Å²) in [6.07, 6.45) is 3.72. The quantitative estimate of drug-likeness (QED) is 0.527. The molecular weight excluding hydrogens is 458 g/mol. The first kappa shape index (κ1) is 22.3. The molecule has 1 saturated carbocycles. The standard InChI is InChI=1S/C21H20F2N4O3S2/c1-21(2,18-11-31-20(26-18)27-32(29,30)15-4-5-15)19(28)25-17-6-3-12(8-16(17)23)13-7-14(22)10-24-9-13/h3,6-11,15H,4-5H2,1-2H3,(H,25,28)(H,26,27). The first-order chi connectivity index (χ1) is 15.1. The number of pyridine rings is 1. The molecule has 3 aromatic rings. The topological polar surface area (TPSA) is 101 Å². The van der Waals surface area contributed by atoms with Gasteiger partial charge in [-0.15, -0.1) is 11.3 Å². The van der Waals surface area contributed by atoms with Crippen LogP contribution < -0.4 is 10.0 Å². The first-order valence-corrected chi connectivity index (χ1v) is 12.2. The number of sulfonamides is 1. The molecule has 0 atom stereocenters. The molecule has 0 aliphatic heterocycles. The Morgan fingerprint density at radius 3 is 2.56 bits per heavy atom. The van der Waals surface area contributed by atoms with Crippen molar-refractivity contribution in [2.75, 3.05) is 10.0 Å². The van der Waals surface area contributed by atoms with Gasteiger partial charge in [-0.1, -0.05) is 6.07 Å². The van der Waals surface area contributed by atoms with Crippen LogP contribution in [-0.4, -0.2) is 29.5 Å². The van der Waals surface area contributed by atoms with Gasteiger partial charge in [0, 0.05) is 17.1 Å². The molecule has 4 rings (SSSR count). The summed E-state index contributed by atoms with van der Waals surface area (Å²) < 4.78 is 54.7. The van der Waals surface area contributed by atoms with Crippen LogP contribution in [0.3, 0.4) is 0 Å². The fraction of sp³-hybridized carbons (Fsp3) is 0.286. The molecule has 32 heavy (non-hydrogen) atoms. The van der Waals surface area contributed by atoms with Crippen LogP contribution in [0.5, 0.6) is 0 Å². The predicted octanol–water partition coefficient (Wildman–Crippen LogP) is 4.30. The van der Waals surface area contributed by atoms with Crippen molar-refractivity contribution in [1.82, 2.24) is 9.97 Å². The highest BCUT2D eigenvalue weighted by Crippen LogP contribution is 2.33. The van der Waals surface area contributed by atoms with Crippen molar-refractivity contribution < 1.29 is 22.0 Å². The summed E-state index contributed by atoms with van der Waals surface area (Å²) in [5.41, 5.74) is -0.0146. The van der Waals surface area contributed by atoms with Crippen molar-refractivity contribution in [3.63, 3.8) is 0 Å². The number of hydrogen-bond acceptors (Lipinski definition) is 6.